The van der Waals surface area contributed by atoms with Gasteiger partial charge in [-0.3, -0.25) is 0 Å². The Labute approximate surface area is 105 Å². The summed E-state index contributed by atoms with van der Waals surface area (Å²) in [6.07, 6.45) is -4.19. The lowest BCUT2D eigenvalue weighted by atomic mass is 10.2. The molecule has 0 spiro atoms. The predicted molar refractivity (Wildman–Crippen MR) is 58.7 cm³/mol. The van der Waals surface area contributed by atoms with Crippen LogP contribution in [0.4, 0.5) is 13.2 Å². The van der Waals surface area contributed by atoms with Gasteiger partial charge in [0.25, 0.3) is 0 Å². The van der Waals surface area contributed by atoms with Crippen LogP contribution < -0.4 is 0 Å². The van der Waals surface area contributed by atoms with Gasteiger partial charge in [0, 0.05) is 7.11 Å². The van der Waals surface area contributed by atoms with Crippen molar-refractivity contribution in [1.82, 2.24) is 4.98 Å². The third-order valence-electron chi connectivity index (χ3n) is 2.22. The summed E-state index contributed by atoms with van der Waals surface area (Å²) >= 11 is 0.511. The number of nitrogens with zero attached hydrogens (tertiary/aromatic N) is 1. The summed E-state index contributed by atoms with van der Waals surface area (Å²) in [5, 5.41) is 8.80. The molecule has 1 atom stereocenters. The fraction of sp³-hybridized carbons (Fsp3) is 0.600. The molecule has 0 aromatic carbocycles. The zero-order valence-electron chi connectivity index (χ0n) is 9.74. The zero-order valence-corrected chi connectivity index (χ0v) is 10.6. The van der Waals surface area contributed by atoms with Gasteiger partial charge in [-0.2, -0.15) is 13.2 Å². The Morgan fingerprint density at radius 1 is 1.56 bits per heavy atom. The fourth-order valence-electron chi connectivity index (χ4n) is 1.42. The lowest BCUT2D eigenvalue weighted by Crippen LogP contribution is -2.11. The molecule has 4 nitrogen and oxygen atoms in total. The molecular weight excluding hydrogens is 271 g/mol. The van der Waals surface area contributed by atoms with E-state index in [1.807, 2.05) is 6.92 Å². The minimum atomic E-state index is -4.77. The fourth-order valence-corrected chi connectivity index (χ4v) is 2.45. The minimum Gasteiger partial charge on any atom is -0.477 e. The highest BCUT2D eigenvalue weighted by Crippen LogP contribution is 2.37. The summed E-state index contributed by atoms with van der Waals surface area (Å²) in [6, 6.07) is 0. The van der Waals surface area contributed by atoms with E-state index in [1.165, 1.54) is 7.11 Å². The molecule has 0 amide bonds. The summed E-state index contributed by atoms with van der Waals surface area (Å²) in [4.78, 5) is 13.4. The second-order valence-electron chi connectivity index (χ2n) is 3.55. The first-order valence-corrected chi connectivity index (χ1v) is 5.96. The maximum atomic E-state index is 12.6. The van der Waals surface area contributed by atoms with Gasteiger partial charge in [0.15, 0.2) is 5.69 Å². The highest BCUT2D eigenvalue weighted by molar-refractivity contribution is 7.13. The lowest BCUT2D eigenvalue weighted by molar-refractivity contribution is -0.141. The third-order valence-corrected chi connectivity index (χ3v) is 3.35. The van der Waals surface area contributed by atoms with E-state index in [-0.39, 0.29) is 5.01 Å². The number of thiazole rings is 1. The van der Waals surface area contributed by atoms with Gasteiger partial charge in [0.1, 0.15) is 16.0 Å². The van der Waals surface area contributed by atoms with Gasteiger partial charge in [0.05, 0.1) is 0 Å². The molecule has 1 aromatic heterocycles. The molecule has 0 saturated carbocycles. The van der Waals surface area contributed by atoms with Crippen molar-refractivity contribution >= 4 is 17.3 Å². The summed E-state index contributed by atoms with van der Waals surface area (Å²) in [5.74, 6) is -1.63. The van der Waals surface area contributed by atoms with Crippen molar-refractivity contribution in [3.05, 3.63) is 15.6 Å². The van der Waals surface area contributed by atoms with Crippen molar-refractivity contribution in [2.24, 2.45) is 0 Å². The summed E-state index contributed by atoms with van der Waals surface area (Å²) in [5.41, 5.74) is -1.35. The molecule has 1 unspecified atom stereocenters. The maximum absolute atomic E-state index is 12.6. The molecule has 0 aliphatic heterocycles. The van der Waals surface area contributed by atoms with Crippen LogP contribution in [0, 0.1) is 0 Å². The molecule has 1 N–H and O–H groups in total. The third kappa shape index (κ3) is 3.20. The van der Waals surface area contributed by atoms with E-state index in [0.29, 0.717) is 24.2 Å². The van der Waals surface area contributed by atoms with Gasteiger partial charge in [0.2, 0.25) is 0 Å². The quantitative estimate of drug-likeness (QED) is 0.900. The highest BCUT2D eigenvalue weighted by atomic mass is 32.1. The molecule has 1 aromatic rings. The average molecular weight is 283 g/mol. The number of ether oxygens (including phenoxy) is 1. The number of methoxy groups -OCH3 is 1. The van der Waals surface area contributed by atoms with Crippen LogP contribution >= 0.6 is 11.3 Å². The van der Waals surface area contributed by atoms with E-state index < -0.39 is 28.8 Å². The Kier molecular flexibility index (Phi) is 4.69. The first kappa shape index (κ1) is 14.9. The monoisotopic (exact) mass is 283 g/mol. The van der Waals surface area contributed by atoms with E-state index in [9.17, 15) is 18.0 Å². The molecule has 0 saturated heterocycles. The number of carboxylic acids is 1. The maximum Gasteiger partial charge on any atom is 0.435 e. The second kappa shape index (κ2) is 5.66. The molecule has 0 radical (unpaired) electrons. The second-order valence-corrected chi connectivity index (χ2v) is 4.58. The number of hydrogen-bond acceptors (Lipinski definition) is 4. The summed E-state index contributed by atoms with van der Waals surface area (Å²) in [6.45, 7) is 1.85. The van der Waals surface area contributed by atoms with Crippen molar-refractivity contribution in [3.8, 4) is 0 Å². The molecule has 1 heterocycles. The molecule has 8 heteroatoms. The molecule has 102 valence electrons. The van der Waals surface area contributed by atoms with Gasteiger partial charge >= 0.3 is 12.1 Å². The van der Waals surface area contributed by atoms with Gasteiger partial charge < -0.3 is 9.84 Å². The SMILES string of the molecule is CCCC(OC)c1nc(C(F)(F)F)c(C(=O)O)s1. The summed E-state index contributed by atoms with van der Waals surface area (Å²) < 4.78 is 42.9. The Morgan fingerprint density at radius 3 is 2.50 bits per heavy atom. The molecule has 1 rings (SSSR count). The van der Waals surface area contributed by atoms with E-state index in [1.54, 1.807) is 0 Å². The van der Waals surface area contributed by atoms with Crippen molar-refractivity contribution in [1.29, 1.82) is 0 Å². The standard InChI is InChI=1S/C10H12F3NO3S/c1-3-4-5(17-2)8-14-7(10(11,12)13)6(18-8)9(15)16/h5H,3-4H2,1-2H3,(H,15,16). The average Bonchev–Trinajstić information content (AvgIpc) is 2.70. The number of carbonyl (C=O) groups is 1. The van der Waals surface area contributed by atoms with Gasteiger partial charge in [-0.25, -0.2) is 9.78 Å². The molecule has 0 aliphatic carbocycles. The molecule has 18 heavy (non-hydrogen) atoms. The van der Waals surface area contributed by atoms with Crippen LogP contribution in [0.25, 0.3) is 0 Å². The minimum absolute atomic E-state index is 0.0454. The molecular formula is C10H12F3NO3S. The Morgan fingerprint density at radius 2 is 2.17 bits per heavy atom. The van der Waals surface area contributed by atoms with E-state index in [0.717, 1.165) is 0 Å². The first-order valence-electron chi connectivity index (χ1n) is 5.15. The van der Waals surface area contributed by atoms with Crippen LogP contribution in [-0.4, -0.2) is 23.2 Å². The van der Waals surface area contributed by atoms with Crippen LogP contribution in [0.5, 0.6) is 0 Å². The van der Waals surface area contributed by atoms with Crippen LogP contribution in [-0.2, 0) is 10.9 Å². The van der Waals surface area contributed by atoms with Gasteiger partial charge in [-0.15, -0.1) is 11.3 Å². The Balaban J connectivity index is 3.21. The first-order chi connectivity index (χ1) is 8.31. The zero-order chi connectivity index (χ0) is 13.9. The van der Waals surface area contributed by atoms with E-state index in [2.05, 4.69) is 4.98 Å². The van der Waals surface area contributed by atoms with Crippen LogP contribution in [0.15, 0.2) is 0 Å². The van der Waals surface area contributed by atoms with E-state index >= 15 is 0 Å². The van der Waals surface area contributed by atoms with Crippen molar-refractivity contribution in [2.45, 2.75) is 32.0 Å². The predicted octanol–water partition coefficient (Wildman–Crippen LogP) is 3.35. The van der Waals surface area contributed by atoms with Crippen molar-refractivity contribution in [3.63, 3.8) is 0 Å². The van der Waals surface area contributed by atoms with Gasteiger partial charge in [-0.05, 0) is 6.42 Å². The number of halogens is 3. The largest absolute Gasteiger partial charge is 0.477 e. The Hall–Kier alpha value is -1.15. The molecule has 0 aliphatic rings. The summed E-state index contributed by atoms with van der Waals surface area (Å²) in [7, 11) is 1.36. The Bertz CT molecular complexity index is 430. The van der Waals surface area contributed by atoms with E-state index in [4.69, 9.17) is 9.84 Å². The number of aromatic nitrogens is 1. The van der Waals surface area contributed by atoms with Crippen molar-refractivity contribution in [2.75, 3.05) is 7.11 Å². The van der Waals surface area contributed by atoms with Crippen molar-refractivity contribution < 1.29 is 27.8 Å². The topological polar surface area (TPSA) is 59.4 Å². The van der Waals surface area contributed by atoms with Gasteiger partial charge in [-0.1, -0.05) is 13.3 Å². The number of carboxylic acid groups (broad SMARTS) is 1. The highest BCUT2D eigenvalue weighted by Gasteiger charge is 2.40. The molecule has 0 fully saturated rings. The normalized spacial score (nSPS) is 13.6. The smallest absolute Gasteiger partial charge is 0.435 e. The van der Waals surface area contributed by atoms with Crippen LogP contribution in [0.3, 0.4) is 0 Å². The lowest BCUT2D eigenvalue weighted by Gasteiger charge is -2.10. The van der Waals surface area contributed by atoms with Crippen LogP contribution in [0.1, 0.15) is 46.2 Å². The number of aromatic carboxylic acids is 1. The van der Waals surface area contributed by atoms with Crippen LogP contribution in [0.2, 0.25) is 0 Å². The molecule has 0 bridgehead atoms. The number of alkyl halides is 3. The number of rotatable bonds is 5. The number of hydrogen-bond donors (Lipinski definition) is 1.